The molecular weight excluding hydrogens is 228 g/mol. The van der Waals surface area contributed by atoms with Crippen LogP contribution in [0.25, 0.3) is 6.08 Å². The molecule has 1 heterocycles. The number of carbonyl (C=O) groups excluding carboxylic acids is 1. The van der Waals surface area contributed by atoms with Crippen molar-refractivity contribution in [3.63, 3.8) is 0 Å². The molecule has 1 aromatic carbocycles. The van der Waals surface area contributed by atoms with Crippen molar-refractivity contribution in [1.82, 2.24) is 9.78 Å². The lowest BCUT2D eigenvalue weighted by molar-refractivity contribution is 0.104. The van der Waals surface area contributed by atoms with Crippen LogP contribution in [0.3, 0.4) is 0 Å². The first-order valence-corrected chi connectivity index (χ1v) is 5.58. The van der Waals surface area contributed by atoms with Gasteiger partial charge >= 0.3 is 0 Å². The molecule has 2 rings (SSSR count). The van der Waals surface area contributed by atoms with Gasteiger partial charge in [0.05, 0.1) is 5.69 Å². The van der Waals surface area contributed by atoms with Crippen LogP contribution in [0, 0.1) is 6.92 Å². The number of aryl methyl sites for hydroxylation is 2. The highest BCUT2D eigenvalue weighted by Crippen LogP contribution is 2.13. The minimum atomic E-state index is -0.144. The van der Waals surface area contributed by atoms with E-state index in [-0.39, 0.29) is 11.5 Å². The summed E-state index contributed by atoms with van der Waals surface area (Å²) < 4.78 is 1.70. The number of benzene rings is 1. The average molecular weight is 242 g/mol. The SMILES string of the molecule is Cc1nn(C)cc1C=CC(=O)c1cccc(O)c1. The van der Waals surface area contributed by atoms with Gasteiger partial charge in [0.15, 0.2) is 5.78 Å². The van der Waals surface area contributed by atoms with Gasteiger partial charge in [-0.05, 0) is 31.2 Å². The van der Waals surface area contributed by atoms with Gasteiger partial charge in [-0.3, -0.25) is 9.48 Å². The van der Waals surface area contributed by atoms with Gasteiger partial charge in [0.1, 0.15) is 5.75 Å². The average Bonchev–Trinajstić information content (AvgIpc) is 2.65. The molecular formula is C14H14N2O2. The highest BCUT2D eigenvalue weighted by atomic mass is 16.3. The van der Waals surface area contributed by atoms with E-state index < -0.39 is 0 Å². The maximum atomic E-state index is 11.9. The van der Waals surface area contributed by atoms with Crippen molar-refractivity contribution < 1.29 is 9.90 Å². The van der Waals surface area contributed by atoms with Crippen LogP contribution in [0.2, 0.25) is 0 Å². The van der Waals surface area contributed by atoms with Gasteiger partial charge in [-0.25, -0.2) is 0 Å². The Bertz CT molecular complexity index is 612. The molecule has 0 saturated heterocycles. The van der Waals surface area contributed by atoms with Crippen LogP contribution in [-0.2, 0) is 7.05 Å². The maximum absolute atomic E-state index is 11.9. The third-order valence-corrected chi connectivity index (χ3v) is 2.60. The summed E-state index contributed by atoms with van der Waals surface area (Å²) in [5.74, 6) is -0.0547. The molecule has 4 heteroatoms. The molecule has 0 aliphatic heterocycles. The van der Waals surface area contributed by atoms with Gasteiger partial charge in [-0.2, -0.15) is 5.10 Å². The van der Waals surface area contributed by atoms with E-state index in [0.717, 1.165) is 11.3 Å². The number of rotatable bonds is 3. The van der Waals surface area contributed by atoms with Crippen LogP contribution in [-0.4, -0.2) is 20.7 Å². The number of phenols is 1. The van der Waals surface area contributed by atoms with E-state index in [1.165, 1.54) is 18.2 Å². The largest absolute Gasteiger partial charge is 0.508 e. The third-order valence-electron chi connectivity index (χ3n) is 2.60. The van der Waals surface area contributed by atoms with Gasteiger partial charge in [0.25, 0.3) is 0 Å². The monoisotopic (exact) mass is 242 g/mol. The van der Waals surface area contributed by atoms with Crippen molar-refractivity contribution in [2.45, 2.75) is 6.92 Å². The summed E-state index contributed by atoms with van der Waals surface area (Å²) in [6.45, 7) is 1.89. The van der Waals surface area contributed by atoms with Gasteiger partial charge in [-0.15, -0.1) is 0 Å². The number of hydrogen-bond donors (Lipinski definition) is 1. The number of phenolic OH excluding ortho intramolecular Hbond substituents is 1. The predicted octanol–water partition coefficient (Wildman–Crippen LogP) is 2.33. The summed E-state index contributed by atoms with van der Waals surface area (Å²) in [6.07, 6.45) is 5.06. The standard InChI is InChI=1S/C14H14N2O2/c1-10-12(9-16(2)15-10)6-7-14(18)11-4-3-5-13(17)8-11/h3-9,17H,1-2H3. The third kappa shape index (κ3) is 2.66. The molecule has 4 nitrogen and oxygen atoms in total. The molecule has 0 saturated carbocycles. The fourth-order valence-corrected chi connectivity index (χ4v) is 1.70. The molecule has 2 aromatic rings. The minimum absolute atomic E-state index is 0.0896. The van der Waals surface area contributed by atoms with Crippen LogP contribution in [0.5, 0.6) is 5.75 Å². The molecule has 0 aliphatic carbocycles. The predicted molar refractivity (Wildman–Crippen MR) is 69.4 cm³/mol. The minimum Gasteiger partial charge on any atom is -0.508 e. The first-order chi connectivity index (χ1) is 8.56. The first kappa shape index (κ1) is 12.1. The topological polar surface area (TPSA) is 55.1 Å². The molecule has 0 fully saturated rings. The fraction of sp³-hybridized carbons (Fsp3) is 0.143. The van der Waals surface area contributed by atoms with Gasteiger partial charge in [0, 0.05) is 24.4 Å². The molecule has 0 radical (unpaired) electrons. The molecule has 1 aromatic heterocycles. The molecule has 0 amide bonds. The van der Waals surface area contributed by atoms with E-state index in [1.807, 2.05) is 20.2 Å². The lowest BCUT2D eigenvalue weighted by Crippen LogP contribution is -1.93. The number of allylic oxidation sites excluding steroid dienone is 1. The molecule has 1 N–H and O–H groups in total. The lowest BCUT2D eigenvalue weighted by atomic mass is 10.1. The molecule has 0 unspecified atom stereocenters. The smallest absolute Gasteiger partial charge is 0.185 e. The van der Waals surface area contributed by atoms with Gasteiger partial charge in [-0.1, -0.05) is 12.1 Å². The molecule has 92 valence electrons. The van der Waals surface area contributed by atoms with E-state index in [0.29, 0.717) is 5.56 Å². The van der Waals surface area contributed by atoms with Crippen LogP contribution in [0.15, 0.2) is 36.5 Å². The number of aromatic hydroxyl groups is 1. The van der Waals surface area contributed by atoms with Crippen LogP contribution in [0.1, 0.15) is 21.6 Å². The highest BCUT2D eigenvalue weighted by Gasteiger charge is 2.03. The second-order valence-electron chi connectivity index (χ2n) is 4.09. The van der Waals surface area contributed by atoms with E-state index in [1.54, 1.807) is 22.9 Å². The number of carbonyl (C=O) groups is 1. The fourth-order valence-electron chi connectivity index (χ4n) is 1.70. The zero-order valence-electron chi connectivity index (χ0n) is 10.3. The van der Waals surface area contributed by atoms with Crippen molar-refractivity contribution in [2.75, 3.05) is 0 Å². The van der Waals surface area contributed by atoms with Crippen LogP contribution in [0.4, 0.5) is 0 Å². The normalized spacial score (nSPS) is 11.0. The summed E-state index contributed by atoms with van der Waals surface area (Å²) in [4.78, 5) is 11.9. The first-order valence-electron chi connectivity index (χ1n) is 5.58. The Hall–Kier alpha value is -2.36. The molecule has 18 heavy (non-hydrogen) atoms. The summed E-state index contributed by atoms with van der Waals surface area (Å²) in [5, 5.41) is 13.5. The van der Waals surface area contributed by atoms with Crippen molar-refractivity contribution in [2.24, 2.45) is 7.05 Å². The van der Waals surface area contributed by atoms with E-state index >= 15 is 0 Å². The van der Waals surface area contributed by atoms with E-state index in [4.69, 9.17) is 0 Å². The van der Waals surface area contributed by atoms with Crippen LogP contribution >= 0.6 is 0 Å². The van der Waals surface area contributed by atoms with Crippen molar-refractivity contribution in [3.8, 4) is 5.75 Å². The zero-order valence-corrected chi connectivity index (χ0v) is 10.3. The number of nitrogens with zero attached hydrogens (tertiary/aromatic N) is 2. The second-order valence-corrected chi connectivity index (χ2v) is 4.09. The number of aromatic nitrogens is 2. The summed E-state index contributed by atoms with van der Waals surface area (Å²) in [7, 11) is 1.83. The summed E-state index contributed by atoms with van der Waals surface area (Å²) >= 11 is 0. The van der Waals surface area contributed by atoms with Crippen LogP contribution < -0.4 is 0 Å². The number of hydrogen-bond acceptors (Lipinski definition) is 3. The van der Waals surface area contributed by atoms with Crippen molar-refractivity contribution in [1.29, 1.82) is 0 Å². The lowest BCUT2D eigenvalue weighted by Gasteiger charge is -1.96. The Balaban J connectivity index is 2.19. The van der Waals surface area contributed by atoms with E-state index in [9.17, 15) is 9.90 Å². The Morgan fingerprint density at radius 2 is 2.22 bits per heavy atom. The van der Waals surface area contributed by atoms with Gasteiger partial charge in [0.2, 0.25) is 0 Å². The Morgan fingerprint density at radius 1 is 1.44 bits per heavy atom. The Labute approximate surface area is 105 Å². The molecule has 0 atom stereocenters. The zero-order chi connectivity index (χ0) is 13.1. The summed E-state index contributed by atoms with van der Waals surface area (Å²) in [5.41, 5.74) is 2.25. The molecule has 0 bridgehead atoms. The maximum Gasteiger partial charge on any atom is 0.185 e. The van der Waals surface area contributed by atoms with E-state index in [2.05, 4.69) is 5.10 Å². The van der Waals surface area contributed by atoms with Crippen molar-refractivity contribution >= 4 is 11.9 Å². The highest BCUT2D eigenvalue weighted by molar-refractivity contribution is 6.07. The number of ketones is 1. The van der Waals surface area contributed by atoms with Gasteiger partial charge < -0.3 is 5.11 Å². The summed E-state index contributed by atoms with van der Waals surface area (Å²) in [6, 6.07) is 6.29. The second kappa shape index (κ2) is 4.87. The quantitative estimate of drug-likeness (QED) is 0.664. The Kier molecular flexibility index (Phi) is 3.28. The van der Waals surface area contributed by atoms with Crippen molar-refractivity contribution in [3.05, 3.63) is 53.4 Å². The molecule has 0 spiro atoms. The molecule has 0 aliphatic rings. The Morgan fingerprint density at radius 3 is 2.83 bits per heavy atom.